The van der Waals surface area contributed by atoms with E-state index in [-0.39, 0.29) is 31.7 Å². The number of non-ortho nitro benzene ring substituents is 1. The number of nitro benzene ring substituents is 1. The number of rotatable bonds is 10. The van der Waals surface area contributed by atoms with Crippen molar-refractivity contribution >= 4 is 35.3 Å². The normalized spacial score (nSPS) is 15.6. The molecule has 2 aromatic carbocycles. The van der Waals surface area contributed by atoms with Crippen LogP contribution in [0.5, 0.6) is 0 Å². The summed E-state index contributed by atoms with van der Waals surface area (Å²) in [5.41, 5.74) is 0.940. The van der Waals surface area contributed by atoms with Crippen LogP contribution in [0.3, 0.4) is 0 Å². The minimum Gasteiger partial charge on any atom is -0.481 e. The zero-order valence-electron chi connectivity index (χ0n) is 19.3. The van der Waals surface area contributed by atoms with Crippen LogP contribution in [-0.4, -0.2) is 57.4 Å². The Labute approximate surface area is 206 Å². The lowest BCUT2D eigenvalue weighted by Gasteiger charge is -2.28. The Balaban J connectivity index is 1.65. The fourth-order valence-electron chi connectivity index (χ4n) is 3.83. The molecule has 2 atom stereocenters. The SMILES string of the molecule is O=C(O)CC[C@H](NC(=O)OCc1ccccc1)C(=O)N1CCC[C@H]1C(=O)Nc1ccc([N+](=O)[O-])cc1. The third kappa shape index (κ3) is 7.26. The van der Waals surface area contributed by atoms with Gasteiger partial charge in [0.1, 0.15) is 18.7 Å². The van der Waals surface area contributed by atoms with E-state index in [4.69, 9.17) is 9.84 Å². The van der Waals surface area contributed by atoms with Crippen LogP contribution in [0.1, 0.15) is 31.2 Å². The van der Waals surface area contributed by atoms with Crippen LogP contribution in [0, 0.1) is 10.1 Å². The average Bonchev–Trinajstić information content (AvgIpc) is 3.36. The average molecular weight is 498 g/mol. The first-order chi connectivity index (χ1) is 17.2. The van der Waals surface area contributed by atoms with Crippen molar-refractivity contribution in [1.29, 1.82) is 0 Å². The van der Waals surface area contributed by atoms with Gasteiger partial charge >= 0.3 is 12.1 Å². The summed E-state index contributed by atoms with van der Waals surface area (Å²) in [5.74, 6) is -2.21. The van der Waals surface area contributed by atoms with Gasteiger partial charge in [0.05, 0.1) is 4.92 Å². The van der Waals surface area contributed by atoms with E-state index in [0.717, 1.165) is 5.56 Å². The van der Waals surface area contributed by atoms with Gasteiger partial charge < -0.3 is 25.4 Å². The van der Waals surface area contributed by atoms with Gasteiger partial charge in [-0.1, -0.05) is 30.3 Å². The standard InChI is InChI=1S/C24H26N4O8/c29-21(30)13-12-19(26-24(33)36-15-16-5-2-1-3-6-16)23(32)27-14-4-7-20(27)22(31)25-17-8-10-18(11-9-17)28(34)35/h1-3,5-6,8-11,19-20H,4,7,12-15H2,(H,25,31)(H,26,33)(H,29,30)/t19-,20-/m0/s1. The van der Waals surface area contributed by atoms with E-state index in [2.05, 4.69) is 10.6 Å². The highest BCUT2D eigenvalue weighted by Gasteiger charge is 2.38. The number of hydrogen-bond acceptors (Lipinski definition) is 7. The second-order valence-corrected chi connectivity index (χ2v) is 8.17. The molecule has 190 valence electrons. The number of anilines is 1. The van der Waals surface area contributed by atoms with Gasteiger partial charge in [-0.05, 0) is 37.0 Å². The zero-order chi connectivity index (χ0) is 26.1. The molecule has 12 heteroatoms. The maximum absolute atomic E-state index is 13.3. The molecule has 0 radical (unpaired) electrons. The van der Waals surface area contributed by atoms with Gasteiger partial charge in [-0.2, -0.15) is 0 Å². The third-order valence-electron chi connectivity index (χ3n) is 5.63. The number of nitrogens with one attached hydrogen (secondary N) is 2. The third-order valence-corrected chi connectivity index (χ3v) is 5.63. The van der Waals surface area contributed by atoms with Crippen LogP contribution in [0.25, 0.3) is 0 Å². The van der Waals surface area contributed by atoms with Gasteiger partial charge in [-0.15, -0.1) is 0 Å². The van der Waals surface area contributed by atoms with E-state index in [1.165, 1.54) is 29.2 Å². The van der Waals surface area contributed by atoms with Gasteiger partial charge in [0, 0.05) is 30.8 Å². The molecule has 3 N–H and O–H groups in total. The molecule has 0 bridgehead atoms. The lowest BCUT2D eigenvalue weighted by atomic mass is 10.1. The van der Waals surface area contributed by atoms with Gasteiger partial charge in [0.25, 0.3) is 5.69 Å². The number of carbonyl (C=O) groups is 4. The van der Waals surface area contributed by atoms with Gasteiger partial charge in [0.15, 0.2) is 0 Å². The Kier molecular flexibility index (Phi) is 8.92. The fourth-order valence-corrected chi connectivity index (χ4v) is 3.83. The van der Waals surface area contributed by atoms with Crippen LogP contribution < -0.4 is 10.6 Å². The molecule has 1 aliphatic heterocycles. The van der Waals surface area contributed by atoms with Gasteiger partial charge in [0.2, 0.25) is 11.8 Å². The molecule has 1 fully saturated rings. The second kappa shape index (κ2) is 12.3. The first-order valence-electron chi connectivity index (χ1n) is 11.3. The second-order valence-electron chi connectivity index (χ2n) is 8.17. The first kappa shape index (κ1) is 26.1. The molecule has 1 saturated heterocycles. The lowest BCUT2D eigenvalue weighted by Crippen LogP contribution is -2.52. The van der Waals surface area contributed by atoms with Gasteiger partial charge in [-0.25, -0.2) is 4.79 Å². The predicted molar refractivity (Wildman–Crippen MR) is 127 cm³/mol. The summed E-state index contributed by atoms with van der Waals surface area (Å²) in [7, 11) is 0. The van der Waals surface area contributed by atoms with Crippen molar-refractivity contribution in [2.45, 2.75) is 44.4 Å². The molecule has 2 aromatic rings. The Bertz CT molecular complexity index is 1110. The molecule has 3 rings (SSSR count). The number of amides is 3. The zero-order valence-corrected chi connectivity index (χ0v) is 19.3. The highest BCUT2D eigenvalue weighted by Crippen LogP contribution is 2.22. The van der Waals surface area contributed by atoms with E-state index in [9.17, 15) is 29.3 Å². The molecule has 1 heterocycles. The van der Waals surface area contributed by atoms with E-state index in [1.807, 2.05) is 6.07 Å². The number of carboxylic acid groups (broad SMARTS) is 1. The number of alkyl carbamates (subject to hydrolysis) is 1. The molecule has 12 nitrogen and oxygen atoms in total. The number of nitrogens with zero attached hydrogens (tertiary/aromatic N) is 2. The Morgan fingerprint density at radius 1 is 1.11 bits per heavy atom. The quantitative estimate of drug-likeness (QED) is 0.332. The van der Waals surface area contributed by atoms with Crippen LogP contribution in [0.4, 0.5) is 16.2 Å². The van der Waals surface area contributed by atoms with E-state index in [1.54, 1.807) is 24.3 Å². The minimum absolute atomic E-state index is 0.0313. The van der Waals surface area contributed by atoms with Crippen LogP contribution >= 0.6 is 0 Å². The van der Waals surface area contributed by atoms with Crippen molar-refractivity contribution in [3.8, 4) is 0 Å². The van der Waals surface area contributed by atoms with Crippen molar-refractivity contribution in [3.05, 3.63) is 70.3 Å². The molecule has 0 saturated carbocycles. The molecule has 0 unspecified atom stereocenters. The molecule has 1 aliphatic rings. The summed E-state index contributed by atoms with van der Waals surface area (Å²) in [6.45, 7) is 0.220. The maximum Gasteiger partial charge on any atom is 0.408 e. The molecule has 36 heavy (non-hydrogen) atoms. The van der Waals surface area contributed by atoms with E-state index < -0.39 is 40.9 Å². The van der Waals surface area contributed by atoms with Crippen molar-refractivity contribution in [1.82, 2.24) is 10.2 Å². The van der Waals surface area contributed by atoms with Crippen LogP contribution in [-0.2, 0) is 25.7 Å². The summed E-state index contributed by atoms with van der Waals surface area (Å²) < 4.78 is 5.16. The Morgan fingerprint density at radius 2 is 1.81 bits per heavy atom. The molecule has 0 aromatic heterocycles. The molecular formula is C24H26N4O8. The summed E-state index contributed by atoms with van der Waals surface area (Å²) in [5, 5.41) is 25.0. The summed E-state index contributed by atoms with van der Waals surface area (Å²) in [6, 6.07) is 12.1. The van der Waals surface area contributed by atoms with Crippen molar-refractivity contribution in [2.24, 2.45) is 0 Å². The summed E-state index contributed by atoms with van der Waals surface area (Å²) in [4.78, 5) is 61.2. The Hall–Kier alpha value is -4.48. The predicted octanol–water partition coefficient (Wildman–Crippen LogP) is 2.68. The smallest absolute Gasteiger partial charge is 0.408 e. The number of aliphatic carboxylic acids is 1. The molecular weight excluding hydrogens is 472 g/mol. The number of hydrogen-bond donors (Lipinski definition) is 3. The minimum atomic E-state index is -1.20. The lowest BCUT2D eigenvalue weighted by molar-refractivity contribution is -0.384. The highest BCUT2D eigenvalue weighted by atomic mass is 16.6. The number of benzene rings is 2. The first-order valence-corrected chi connectivity index (χ1v) is 11.3. The van der Waals surface area contributed by atoms with Crippen molar-refractivity contribution in [2.75, 3.05) is 11.9 Å². The van der Waals surface area contributed by atoms with Crippen molar-refractivity contribution < 1.29 is 33.9 Å². The number of likely N-dealkylation sites (tertiary alicyclic amines) is 1. The topological polar surface area (TPSA) is 168 Å². The monoisotopic (exact) mass is 498 g/mol. The number of nitro groups is 1. The Morgan fingerprint density at radius 3 is 2.44 bits per heavy atom. The van der Waals surface area contributed by atoms with E-state index >= 15 is 0 Å². The molecule has 0 spiro atoms. The number of carbonyl (C=O) groups excluding carboxylic acids is 3. The summed E-state index contributed by atoms with van der Waals surface area (Å²) >= 11 is 0. The summed E-state index contributed by atoms with van der Waals surface area (Å²) in [6.07, 6.45) is -0.526. The molecule has 0 aliphatic carbocycles. The van der Waals surface area contributed by atoms with Crippen LogP contribution in [0.2, 0.25) is 0 Å². The fraction of sp³-hybridized carbons (Fsp3) is 0.333. The van der Waals surface area contributed by atoms with Crippen LogP contribution in [0.15, 0.2) is 54.6 Å². The van der Waals surface area contributed by atoms with Gasteiger partial charge in [-0.3, -0.25) is 24.5 Å². The van der Waals surface area contributed by atoms with Crippen molar-refractivity contribution in [3.63, 3.8) is 0 Å². The largest absolute Gasteiger partial charge is 0.481 e. The van der Waals surface area contributed by atoms with E-state index in [0.29, 0.717) is 18.5 Å². The maximum atomic E-state index is 13.3. The molecule has 3 amide bonds. The number of ether oxygens (including phenoxy) is 1. The number of carboxylic acids is 1. The highest BCUT2D eigenvalue weighted by molar-refractivity contribution is 5.98.